The van der Waals surface area contributed by atoms with Gasteiger partial charge in [0.25, 0.3) is 0 Å². The molecule has 0 amide bonds. The van der Waals surface area contributed by atoms with Crippen molar-refractivity contribution in [3.63, 3.8) is 0 Å². The van der Waals surface area contributed by atoms with E-state index in [1.807, 2.05) is 0 Å². The molecule has 0 saturated heterocycles. The topological polar surface area (TPSA) is 76.7 Å². The molecule has 108 valence electrons. The molecule has 3 N–H and O–H groups in total. The number of halogens is 3. The predicted molar refractivity (Wildman–Crippen MR) is 66.6 cm³/mol. The quantitative estimate of drug-likeness (QED) is 0.893. The average molecular weight is 286 g/mol. The minimum absolute atomic E-state index is 0.337. The van der Waals surface area contributed by atoms with Gasteiger partial charge in [-0.3, -0.25) is 0 Å². The van der Waals surface area contributed by atoms with Crippen molar-refractivity contribution >= 4 is 0 Å². The van der Waals surface area contributed by atoms with E-state index in [4.69, 9.17) is 5.73 Å². The number of aryl methyl sites for hydroxylation is 1. The first-order valence-corrected chi connectivity index (χ1v) is 5.97. The van der Waals surface area contributed by atoms with Gasteiger partial charge >= 0.3 is 11.9 Å². The Bertz CT molecular complexity index is 627. The third-order valence-corrected chi connectivity index (χ3v) is 2.80. The van der Waals surface area contributed by atoms with Crippen molar-refractivity contribution in [2.24, 2.45) is 5.73 Å². The van der Waals surface area contributed by atoms with Gasteiger partial charge in [0.15, 0.2) is 0 Å². The summed E-state index contributed by atoms with van der Waals surface area (Å²) in [6.07, 6.45) is -3.30. The molecule has 0 unspecified atom stereocenters. The second kappa shape index (κ2) is 5.49. The molecular weight excluding hydrogens is 273 g/mol. The van der Waals surface area contributed by atoms with Crippen molar-refractivity contribution in [1.29, 1.82) is 0 Å². The van der Waals surface area contributed by atoms with Gasteiger partial charge in [-0.05, 0) is 37.2 Å². The van der Waals surface area contributed by atoms with E-state index in [0.717, 1.165) is 12.1 Å². The van der Waals surface area contributed by atoms with Gasteiger partial charge in [0, 0.05) is 6.42 Å². The van der Waals surface area contributed by atoms with Crippen LogP contribution in [0.5, 0.6) is 0 Å². The first-order chi connectivity index (χ1) is 9.43. The zero-order valence-electron chi connectivity index (χ0n) is 10.4. The highest BCUT2D eigenvalue weighted by atomic mass is 19.4. The normalized spacial score (nSPS) is 11.8. The fourth-order valence-electron chi connectivity index (χ4n) is 1.82. The number of benzene rings is 1. The van der Waals surface area contributed by atoms with Gasteiger partial charge in [0.2, 0.25) is 0 Å². The Labute approximate surface area is 112 Å². The summed E-state index contributed by atoms with van der Waals surface area (Å²) >= 11 is 0. The number of hydrogen-bond donors (Lipinski definition) is 2. The first kappa shape index (κ1) is 14.3. The van der Waals surface area contributed by atoms with E-state index in [0.29, 0.717) is 30.9 Å². The van der Waals surface area contributed by atoms with E-state index in [1.54, 1.807) is 0 Å². The summed E-state index contributed by atoms with van der Waals surface area (Å²) in [7, 11) is 0. The lowest BCUT2D eigenvalue weighted by Crippen LogP contribution is -2.17. The summed E-state index contributed by atoms with van der Waals surface area (Å²) < 4.78 is 38.7. The van der Waals surface area contributed by atoms with Crippen molar-refractivity contribution < 1.29 is 13.2 Å². The number of aromatic nitrogens is 3. The second-order valence-electron chi connectivity index (χ2n) is 4.22. The van der Waals surface area contributed by atoms with Gasteiger partial charge in [-0.15, -0.1) is 0 Å². The summed E-state index contributed by atoms with van der Waals surface area (Å²) in [6, 6.07) is 4.35. The number of aromatic amines is 1. The van der Waals surface area contributed by atoms with E-state index in [2.05, 4.69) is 10.2 Å². The molecule has 1 aromatic carbocycles. The van der Waals surface area contributed by atoms with Crippen LogP contribution in [-0.4, -0.2) is 21.3 Å². The lowest BCUT2D eigenvalue weighted by Gasteiger charge is -2.09. The molecule has 2 aromatic rings. The van der Waals surface area contributed by atoms with Gasteiger partial charge in [-0.2, -0.15) is 18.3 Å². The lowest BCUT2D eigenvalue weighted by molar-refractivity contribution is -0.137. The minimum atomic E-state index is -4.40. The Balaban J connectivity index is 2.37. The third kappa shape index (κ3) is 2.90. The fraction of sp³-hybridized carbons (Fsp3) is 0.333. The molecule has 8 heteroatoms. The molecule has 0 radical (unpaired) electrons. The highest BCUT2D eigenvalue weighted by Gasteiger charge is 2.30. The van der Waals surface area contributed by atoms with Crippen LogP contribution in [-0.2, 0) is 12.6 Å². The lowest BCUT2D eigenvalue weighted by atomic mass is 10.2. The Morgan fingerprint density at radius 1 is 1.25 bits per heavy atom. The monoisotopic (exact) mass is 286 g/mol. The van der Waals surface area contributed by atoms with Crippen LogP contribution in [0, 0.1) is 0 Å². The number of nitrogens with one attached hydrogen (secondary N) is 1. The average Bonchev–Trinajstić information content (AvgIpc) is 2.76. The molecule has 0 atom stereocenters. The Morgan fingerprint density at radius 2 is 1.90 bits per heavy atom. The summed E-state index contributed by atoms with van der Waals surface area (Å²) in [5.41, 5.74) is 4.47. The van der Waals surface area contributed by atoms with E-state index < -0.39 is 17.4 Å². The van der Waals surface area contributed by atoms with Crippen molar-refractivity contribution in [2.45, 2.75) is 19.0 Å². The molecule has 0 saturated carbocycles. The zero-order valence-corrected chi connectivity index (χ0v) is 10.4. The number of H-pyrrole nitrogens is 1. The molecule has 5 nitrogen and oxygen atoms in total. The highest BCUT2D eigenvalue weighted by molar-refractivity contribution is 5.36. The molecule has 0 aliphatic carbocycles. The van der Waals surface area contributed by atoms with Gasteiger partial charge in [-0.25, -0.2) is 14.5 Å². The highest BCUT2D eigenvalue weighted by Crippen LogP contribution is 2.29. The number of rotatable bonds is 4. The molecule has 0 spiro atoms. The van der Waals surface area contributed by atoms with Crippen molar-refractivity contribution in [3.05, 3.63) is 46.1 Å². The van der Waals surface area contributed by atoms with E-state index in [9.17, 15) is 18.0 Å². The van der Waals surface area contributed by atoms with Gasteiger partial charge < -0.3 is 5.73 Å². The predicted octanol–water partition coefficient (Wildman–Crippen LogP) is 1.47. The van der Waals surface area contributed by atoms with Crippen LogP contribution in [0.2, 0.25) is 0 Å². The third-order valence-electron chi connectivity index (χ3n) is 2.80. The van der Waals surface area contributed by atoms with Crippen LogP contribution in [0.3, 0.4) is 0 Å². The number of nitrogens with two attached hydrogens (primary N) is 1. The van der Waals surface area contributed by atoms with Crippen LogP contribution in [0.25, 0.3) is 5.69 Å². The SMILES string of the molecule is NCCCc1n[nH]c(=O)n1-c1ccc(C(F)(F)F)cc1. The Kier molecular flexibility index (Phi) is 3.93. The summed E-state index contributed by atoms with van der Waals surface area (Å²) in [5, 5.41) is 6.13. The standard InChI is InChI=1S/C12H13F3N4O/c13-12(14,15)8-3-5-9(6-4-8)19-10(2-1-7-16)17-18-11(19)20/h3-6H,1-2,7,16H2,(H,18,20). The summed E-state index contributed by atoms with van der Waals surface area (Å²) in [4.78, 5) is 11.7. The van der Waals surface area contributed by atoms with E-state index in [1.165, 1.54) is 16.7 Å². The molecule has 0 aliphatic heterocycles. The minimum Gasteiger partial charge on any atom is -0.330 e. The van der Waals surface area contributed by atoms with Gasteiger partial charge in [0.1, 0.15) is 5.82 Å². The maximum absolute atomic E-state index is 12.5. The number of hydrogen-bond acceptors (Lipinski definition) is 3. The summed E-state index contributed by atoms with van der Waals surface area (Å²) in [5.74, 6) is 0.445. The Morgan fingerprint density at radius 3 is 2.45 bits per heavy atom. The molecule has 2 rings (SSSR count). The van der Waals surface area contributed by atoms with Crippen LogP contribution in [0.15, 0.2) is 29.1 Å². The van der Waals surface area contributed by atoms with Crippen molar-refractivity contribution in [1.82, 2.24) is 14.8 Å². The maximum atomic E-state index is 12.5. The Hall–Kier alpha value is -2.09. The van der Waals surface area contributed by atoms with Crippen LogP contribution < -0.4 is 11.4 Å². The van der Waals surface area contributed by atoms with Crippen molar-refractivity contribution in [2.75, 3.05) is 6.54 Å². The molecule has 1 aromatic heterocycles. The maximum Gasteiger partial charge on any atom is 0.416 e. The molecule has 0 bridgehead atoms. The molecule has 0 aliphatic rings. The summed E-state index contributed by atoms with van der Waals surface area (Å²) in [6.45, 7) is 0.439. The fourth-order valence-corrected chi connectivity index (χ4v) is 1.82. The number of nitrogens with zero attached hydrogens (tertiary/aromatic N) is 2. The van der Waals surface area contributed by atoms with Crippen LogP contribution >= 0.6 is 0 Å². The van der Waals surface area contributed by atoms with Crippen LogP contribution in [0.1, 0.15) is 17.8 Å². The van der Waals surface area contributed by atoms with E-state index in [-0.39, 0.29) is 0 Å². The second-order valence-corrected chi connectivity index (χ2v) is 4.22. The van der Waals surface area contributed by atoms with Crippen molar-refractivity contribution in [3.8, 4) is 5.69 Å². The van der Waals surface area contributed by atoms with Gasteiger partial charge in [0.05, 0.1) is 11.3 Å². The molecular formula is C12H13F3N4O. The van der Waals surface area contributed by atoms with E-state index >= 15 is 0 Å². The number of alkyl halides is 3. The molecule has 0 fully saturated rings. The van der Waals surface area contributed by atoms with Gasteiger partial charge in [-0.1, -0.05) is 0 Å². The molecule has 20 heavy (non-hydrogen) atoms. The van der Waals surface area contributed by atoms with Crippen LogP contribution in [0.4, 0.5) is 13.2 Å². The largest absolute Gasteiger partial charge is 0.416 e. The zero-order chi connectivity index (χ0) is 14.8. The smallest absolute Gasteiger partial charge is 0.330 e. The first-order valence-electron chi connectivity index (χ1n) is 5.97. The molecule has 1 heterocycles.